The van der Waals surface area contributed by atoms with Gasteiger partial charge in [-0.05, 0) is 31.0 Å². The van der Waals surface area contributed by atoms with Gasteiger partial charge in [0.15, 0.2) is 0 Å². The summed E-state index contributed by atoms with van der Waals surface area (Å²) in [5.74, 6) is -0.361. The van der Waals surface area contributed by atoms with Crippen LogP contribution in [0.2, 0.25) is 0 Å². The summed E-state index contributed by atoms with van der Waals surface area (Å²) < 4.78 is 24.8. The van der Waals surface area contributed by atoms with E-state index in [1.807, 2.05) is 0 Å². The molecule has 1 aliphatic rings. The smallest absolute Gasteiger partial charge is 0.255 e. The van der Waals surface area contributed by atoms with Crippen LogP contribution in [0.5, 0.6) is 0 Å². The third-order valence-corrected chi connectivity index (χ3v) is 2.72. The normalized spacial score (nSPS) is 15.0. The molecular weight excluding hydrogens is 226 g/mol. The van der Waals surface area contributed by atoms with E-state index in [1.54, 1.807) is 18.2 Å². The molecule has 92 valence electrons. The van der Waals surface area contributed by atoms with Gasteiger partial charge in [-0.25, -0.2) is 8.78 Å². The van der Waals surface area contributed by atoms with Gasteiger partial charge in [0.05, 0.1) is 6.54 Å². The Hall–Kier alpha value is -1.65. The Labute approximate surface area is 98.2 Å². The molecule has 1 fully saturated rings. The fourth-order valence-electron chi connectivity index (χ4n) is 1.77. The van der Waals surface area contributed by atoms with Crippen LogP contribution in [0, 0.1) is 0 Å². The van der Waals surface area contributed by atoms with E-state index in [1.165, 1.54) is 11.0 Å². The van der Waals surface area contributed by atoms with Crippen molar-refractivity contribution in [3.8, 4) is 0 Å². The lowest BCUT2D eigenvalue weighted by atomic mass is 10.1. The highest BCUT2D eigenvalue weighted by atomic mass is 19.3. The van der Waals surface area contributed by atoms with Gasteiger partial charge < -0.3 is 10.6 Å². The van der Waals surface area contributed by atoms with E-state index < -0.39 is 13.0 Å². The van der Waals surface area contributed by atoms with Gasteiger partial charge >= 0.3 is 0 Å². The Morgan fingerprint density at radius 1 is 1.47 bits per heavy atom. The van der Waals surface area contributed by atoms with Crippen LogP contribution in [0.3, 0.4) is 0 Å². The number of carbonyl (C=O) groups excluding carboxylic acids is 1. The average Bonchev–Trinajstić information content (AvgIpc) is 3.08. The van der Waals surface area contributed by atoms with Crippen LogP contribution >= 0.6 is 0 Å². The number of amides is 1. The number of halogens is 2. The summed E-state index contributed by atoms with van der Waals surface area (Å²) in [6, 6.07) is 6.39. The highest BCUT2D eigenvalue weighted by Gasteiger charge is 2.34. The van der Waals surface area contributed by atoms with Crippen LogP contribution in [0.15, 0.2) is 24.3 Å². The number of alkyl halides is 2. The van der Waals surface area contributed by atoms with Crippen molar-refractivity contribution in [3.63, 3.8) is 0 Å². The summed E-state index contributed by atoms with van der Waals surface area (Å²) in [6.07, 6.45) is -0.887. The third-order valence-electron chi connectivity index (χ3n) is 2.72. The molecule has 5 heteroatoms. The summed E-state index contributed by atoms with van der Waals surface area (Å²) >= 11 is 0. The number of anilines is 1. The van der Waals surface area contributed by atoms with Crippen LogP contribution in [-0.4, -0.2) is 29.8 Å². The minimum Gasteiger partial charge on any atom is -0.399 e. The molecule has 17 heavy (non-hydrogen) atoms. The molecule has 0 aliphatic heterocycles. The lowest BCUT2D eigenvalue weighted by molar-refractivity contribution is 0.0534. The molecule has 1 saturated carbocycles. The van der Waals surface area contributed by atoms with Gasteiger partial charge in [0.2, 0.25) is 0 Å². The lowest BCUT2D eigenvalue weighted by Crippen LogP contribution is -2.36. The summed E-state index contributed by atoms with van der Waals surface area (Å²) in [4.78, 5) is 13.3. The van der Waals surface area contributed by atoms with Gasteiger partial charge in [-0.3, -0.25) is 4.79 Å². The zero-order chi connectivity index (χ0) is 12.4. The maximum Gasteiger partial charge on any atom is 0.255 e. The van der Waals surface area contributed by atoms with Crippen molar-refractivity contribution in [2.24, 2.45) is 0 Å². The topological polar surface area (TPSA) is 46.3 Å². The first kappa shape index (κ1) is 11.8. The molecule has 0 spiro atoms. The Morgan fingerprint density at radius 2 is 2.18 bits per heavy atom. The maximum atomic E-state index is 12.4. The van der Waals surface area contributed by atoms with Crippen molar-refractivity contribution in [2.45, 2.75) is 25.3 Å². The molecular formula is C12H14F2N2O. The molecule has 1 aliphatic carbocycles. The van der Waals surface area contributed by atoms with Gasteiger partial charge in [-0.2, -0.15) is 0 Å². The minimum atomic E-state index is -2.50. The van der Waals surface area contributed by atoms with Gasteiger partial charge in [0, 0.05) is 17.3 Å². The van der Waals surface area contributed by atoms with Crippen molar-refractivity contribution in [1.82, 2.24) is 4.90 Å². The second kappa shape index (κ2) is 4.69. The first-order valence-corrected chi connectivity index (χ1v) is 5.52. The number of carbonyl (C=O) groups is 1. The second-order valence-electron chi connectivity index (χ2n) is 4.21. The predicted octanol–water partition coefficient (Wildman–Crippen LogP) is 2.14. The van der Waals surface area contributed by atoms with Crippen molar-refractivity contribution < 1.29 is 13.6 Å². The van der Waals surface area contributed by atoms with E-state index in [0.717, 1.165) is 12.8 Å². The van der Waals surface area contributed by atoms with Gasteiger partial charge in [-0.15, -0.1) is 0 Å². The Balaban J connectivity index is 2.15. The molecule has 0 heterocycles. The number of benzene rings is 1. The van der Waals surface area contributed by atoms with E-state index in [0.29, 0.717) is 11.3 Å². The summed E-state index contributed by atoms with van der Waals surface area (Å²) in [6.45, 7) is -0.502. The minimum absolute atomic E-state index is 0.0297. The van der Waals surface area contributed by atoms with E-state index in [9.17, 15) is 13.6 Å². The monoisotopic (exact) mass is 240 g/mol. The predicted molar refractivity (Wildman–Crippen MR) is 60.9 cm³/mol. The molecule has 0 aromatic heterocycles. The SMILES string of the molecule is Nc1cccc(C(=O)N(CC(F)F)C2CC2)c1. The van der Waals surface area contributed by atoms with Crippen LogP contribution in [0.25, 0.3) is 0 Å². The summed E-state index contributed by atoms with van der Waals surface area (Å²) in [5, 5.41) is 0. The molecule has 3 nitrogen and oxygen atoms in total. The standard InChI is InChI=1S/C12H14F2N2O/c13-11(14)7-16(10-4-5-10)12(17)8-2-1-3-9(15)6-8/h1-3,6,10-11H,4-5,7,15H2. The van der Waals surface area contributed by atoms with Crippen molar-refractivity contribution in [1.29, 1.82) is 0 Å². The number of hydrogen-bond acceptors (Lipinski definition) is 2. The first-order chi connectivity index (χ1) is 8.08. The van der Waals surface area contributed by atoms with E-state index in [-0.39, 0.29) is 11.9 Å². The average molecular weight is 240 g/mol. The molecule has 0 radical (unpaired) electrons. The maximum absolute atomic E-state index is 12.4. The molecule has 0 bridgehead atoms. The summed E-state index contributed by atoms with van der Waals surface area (Å²) in [7, 11) is 0. The number of nitrogens with two attached hydrogens (primary N) is 1. The van der Waals surface area contributed by atoms with Crippen LogP contribution in [-0.2, 0) is 0 Å². The van der Waals surface area contributed by atoms with Crippen molar-refractivity contribution >= 4 is 11.6 Å². The largest absolute Gasteiger partial charge is 0.399 e. The van der Waals surface area contributed by atoms with E-state index in [2.05, 4.69) is 0 Å². The van der Waals surface area contributed by atoms with E-state index >= 15 is 0 Å². The van der Waals surface area contributed by atoms with Gasteiger partial charge in [0.25, 0.3) is 12.3 Å². The quantitative estimate of drug-likeness (QED) is 0.819. The van der Waals surface area contributed by atoms with Crippen molar-refractivity contribution in [3.05, 3.63) is 29.8 Å². The number of nitrogen functional groups attached to an aromatic ring is 1. The van der Waals surface area contributed by atoms with Gasteiger partial charge in [0.1, 0.15) is 0 Å². The molecule has 0 unspecified atom stereocenters. The number of hydrogen-bond donors (Lipinski definition) is 1. The Bertz CT molecular complexity index is 419. The fraction of sp³-hybridized carbons (Fsp3) is 0.417. The zero-order valence-corrected chi connectivity index (χ0v) is 9.27. The summed E-state index contributed by atoms with van der Waals surface area (Å²) in [5.41, 5.74) is 6.41. The molecule has 0 saturated heterocycles. The number of nitrogens with zero attached hydrogens (tertiary/aromatic N) is 1. The van der Waals surface area contributed by atoms with Crippen LogP contribution < -0.4 is 5.73 Å². The second-order valence-corrected chi connectivity index (χ2v) is 4.21. The molecule has 0 atom stereocenters. The van der Waals surface area contributed by atoms with Crippen LogP contribution in [0.4, 0.5) is 14.5 Å². The van der Waals surface area contributed by atoms with Crippen LogP contribution in [0.1, 0.15) is 23.2 Å². The fourth-order valence-corrected chi connectivity index (χ4v) is 1.77. The van der Waals surface area contributed by atoms with E-state index in [4.69, 9.17) is 5.73 Å². The van der Waals surface area contributed by atoms with Gasteiger partial charge in [-0.1, -0.05) is 6.07 Å². The van der Waals surface area contributed by atoms with Crippen molar-refractivity contribution in [2.75, 3.05) is 12.3 Å². The first-order valence-electron chi connectivity index (χ1n) is 5.52. The lowest BCUT2D eigenvalue weighted by Gasteiger charge is -2.22. The molecule has 2 rings (SSSR count). The Kier molecular flexibility index (Phi) is 3.26. The zero-order valence-electron chi connectivity index (χ0n) is 9.27. The molecule has 2 N–H and O–H groups in total. The number of rotatable bonds is 4. The highest BCUT2D eigenvalue weighted by Crippen LogP contribution is 2.29. The molecule has 1 aromatic rings. The molecule has 1 aromatic carbocycles. The third kappa shape index (κ3) is 2.93. The highest BCUT2D eigenvalue weighted by molar-refractivity contribution is 5.95. The molecule has 1 amide bonds. The Morgan fingerprint density at radius 3 is 2.71 bits per heavy atom.